The Morgan fingerprint density at radius 3 is 2.94 bits per heavy atom. The van der Waals surface area contributed by atoms with Crippen molar-refractivity contribution in [2.24, 2.45) is 0 Å². The lowest BCUT2D eigenvalue weighted by atomic mass is 10.2. The van der Waals surface area contributed by atoms with Crippen molar-refractivity contribution in [1.82, 2.24) is 10.3 Å². The molecule has 2 fully saturated rings. The molecule has 2 aliphatic rings. The second-order valence-electron chi connectivity index (χ2n) is 4.84. The quantitative estimate of drug-likeness (QED) is 0.877. The van der Waals surface area contributed by atoms with Gasteiger partial charge in [0, 0.05) is 31.4 Å². The Labute approximate surface area is 106 Å². The van der Waals surface area contributed by atoms with E-state index >= 15 is 0 Å². The molecular weight excluding hydrogens is 234 g/mol. The Morgan fingerprint density at radius 2 is 2.24 bits per heavy atom. The van der Waals surface area contributed by atoms with E-state index in [1.54, 1.807) is 11.3 Å². The van der Waals surface area contributed by atoms with Gasteiger partial charge in [-0.15, -0.1) is 11.3 Å². The smallest absolute Gasteiger partial charge is 0.185 e. The van der Waals surface area contributed by atoms with E-state index in [1.807, 2.05) is 7.05 Å². The molecule has 0 radical (unpaired) electrons. The molecule has 3 heterocycles. The van der Waals surface area contributed by atoms with Gasteiger partial charge in [0.15, 0.2) is 5.13 Å². The molecule has 17 heavy (non-hydrogen) atoms. The minimum atomic E-state index is 0.443. The van der Waals surface area contributed by atoms with Gasteiger partial charge < -0.3 is 15.0 Å². The van der Waals surface area contributed by atoms with Crippen LogP contribution in [-0.4, -0.2) is 43.9 Å². The average molecular weight is 253 g/mol. The van der Waals surface area contributed by atoms with Gasteiger partial charge in [0.05, 0.1) is 17.9 Å². The molecule has 0 aromatic carbocycles. The molecule has 5 heteroatoms. The minimum Gasteiger partial charge on any atom is -0.371 e. The van der Waals surface area contributed by atoms with Crippen LogP contribution in [0.4, 0.5) is 5.13 Å². The summed E-state index contributed by atoms with van der Waals surface area (Å²) in [5.74, 6) is 0. The number of likely N-dealkylation sites (N-methyl/N-ethyl adjacent to an activating group) is 1. The highest BCUT2D eigenvalue weighted by Gasteiger charge is 2.34. The zero-order chi connectivity index (χ0) is 11.7. The molecule has 1 N–H and O–H groups in total. The van der Waals surface area contributed by atoms with Crippen LogP contribution >= 0.6 is 11.3 Å². The van der Waals surface area contributed by atoms with E-state index in [4.69, 9.17) is 9.72 Å². The van der Waals surface area contributed by atoms with Crippen molar-refractivity contribution in [3.63, 3.8) is 0 Å². The Bertz CT molecular complexity index is 370. The molecule has 1 aromatic rings. The summed E-state index contributed by atoms with van der Waals surface area (Å²) in [7, 11) is 1.98. The SMILES string of the molecule is CNCCc1csc(N2CC3CCC(C2)O3)n1. The van der Waals surface area contributed by atoms with Crippen LogP contribution in [0.2, 0.25) is 0 Å². The van der Waals surface area contributed by atoms with Gasteiger partial charge in [-0.2, -0.15) is 0 Å². The Balaban J connectivity index is 1.65. The number of nitrogens with one attached hydrogen (secondary N) is 1. The van der Waals surface area contributed by atoms with Crippen molar-refractivity contribution < 1.29 is 4.74 Å². The predicted molar refractivity (Wildman–Crippen MR) is 69.9 cm³/mol. The highest BCUT2D eigenvalue weighted by Crippen LogP contribution is 2.31. The van der Waals surface area contributed by atoms with Crippen LogP contribution < -0.4 is 10.2 Å². The number of morpholine rings is 1. The molecule has 3 rings (SSSR count). The van der Waals surface area contributed by atoms with Crippen LogP contribution in [0.25, 0.3) is 0 Å². The summed E-state index contributed by atoms with van der Waals surface area (Å²) < 4.78 is 5.85. The molecule has 0 spiro atoms. The number of aromatic nitrogens is 1. The van der Waals surface area contributed by atoms with E-state index in [1.165, 1.54) is 23.7 Å². The number of anilines is 1. The van der Waals surface area contributed by atoms with Crippen LogP contribution in [0.1, 0.15) is 18.5 Å². The van der Waals surface area contributed by atoms with E-state index in [-0.39, 0.29) is 0 Å². The second-order valence-corrected chi connectivity index (χ2v) is 5.67. The zero-order valence-electron chi connectivity index (χ0n) is 10.2. The number of hydrogen-bond donors (Lipinski definition) is 1. The fourth-order valence-corrected chi connectivity index (χ4v) is 3.46. The molecule has 4 nitrogen and oxygen atoms in total. The van der Waals surface area contributed by atoms with E-state index in [9.17, 15) is 0 Å². The third kappa shape index (κ3) is 2.46. The molecular formula is C12H19N3OS. The Morgan fingerprint density at radius 1 is 1.47 bits per heavy atom. The largest absolute Gasteiger partial charge is 0.371 e. The fraction of sp³-hybridized carbons (Fsp3) is 0.750. The van der Waals surface area contributed by atoms with Gasteiger partial charge >= 0.3 is 0 Å². The molecule has 0 aliphatic carbocycles. The normalized spacial score (nSPS) is 27.7. The summed E-state index contributed by atoms with van der Waals surface area (Å²) >= 11 is 1.77. The van der Waals surface area contributed by atoms with Gasteiger partial charge in [-0.1, -0.05) is 0 Å². The molecule has 2 atom stereocenters. The Kier molecular flexibility index (Phi) is 3.31. The van der Waals surface area contributed by atoms with Crippen LogP contribution in [0.5, 0.6) is 0 Å². The lowest BCUT2D eigenvalue weighted by molar-refractivity contribution is 0.0305. The summed E-state index contributed by atoms with van der Waals surface area (Å²) in [6.07, 6.45) is 4.35. The van der Waals surface area contributed by atoms with E-state index in [0.29, 0.717) is 12.2 Å². The molecule has 2 saturated heterocycles. The number of rotatable bonds is 4. The zero-order valence-corrected chi connectivity index (χ0v) is 11.0. The molecule has 0 amide bonds. The Hall–Kier alpha value is -0.650. The number of nitrogens with zero attached hydrogens (tertiary/aromatic N) is 2. The first-order chi connectivity index (χ1) is 8.35. The molecule has 2 unspecified atom stereocenters. The minimum absolute atomic E-state index is 0.443. The third-order valence-electron chi connectivity index (χ3n) is 3.48. The molecule has 94 valence electrons. The van der Waals surface area contributed by atoms with Crippen molar-refractivity contribution in [2.45, 2.75) is 31.5 Å². The maximum atomic E-state index is 5.85. The van der Waals surface area contributed by atoms with Crippen LogP contribution in [0.3, 0.4) is 0 Å². The van der Waals surface area contributed by atoms with Gasteiger partial charge in [-0.25, -0.2) is 4.98 Å². The number of thiazole rings is 1. The van der Waals surface area contributed by atoms with Gasteiger partial charge in [0.25, 0.3) is 0 Å². The number of fused-ring (bicyclic) bond motifs is 2. The van der Waals surface area contributed by atoms with Gasteiger partial charge in [0.1, 0.15) is 0 Å². The lowest BCUT2D eigenvalue weighted by Crippen LogP contribution is -2.42. The molecule has 0 saturated carbocycles. The summed E-state index contributed by atoms with van der Waals surface area (Å²) in [5, 5.41) is 6.52. The van der Waals surface area contributed by atoms with E-state index in [0.717, 1.165) is 26.1 Å². The third-order valence-corrected chi connectivity index (χ3v) is 4.44. The summed E-state index contributed by atoms with van der Waals surface area (Å²) in [6.45, 7) is 3.04. The van der Waals surface area contributed by atoms with Crippen molar-refractivity contribution in [2.75, 3.05) is 31.6 Å². The van der Waals surface area contributed by atoms with Gasteiger partial charge in [-0.05, 0) is 19.9 Å². The first kappa shape index (κ1) is 11.4. The van der Waals surface area contributed by atoms with Crippen LogP contribution in [0.15, 0.2) is 5.38 Å². The number of ether oxygens (including phenoxy) is 1. The summed E-state index contributed by atoms with van der Waals surface area (Å²) in [5.41, 5.74) is 1.21. The predicted octanol–water partition coefficient (Wildman–Crippen LogP) is 1.27. The van der Waals surface area contributed by atoms with Crippen LogP contribution in [-0.2, 0) is 11.2 Å². The first-order valence-corrected chi connectivity index (χ1v) is 7.22. The van der Waals surface area contributed by atoms with Gasteiger partial charge in [0.2, 0.25) is 0 Å². The van der Waals surface area contributed by atoms with Crippen molar-refractivity contribution in [3.8, 4) is 0 Å². The monoisotopic (exact) mass is 253 g/mol. The standard InChI is InChI=1S/C12H19N3OS/c1-13-5-4-9-8-17-12(14-9)15-6-10-2-3-11(7-15)16-10/h8,10-11,13H,2-7H2,1H3. The average Bonchev–Trinajstić information content (AvgIpc) is 2.94. The maximum absolute atomic E-state index is 5.85. The molecule has 2 bridgehead atoms. The van der Waals surface area contributed by atoms with E-state index in [2.05, 4.69) is 15.6 Å². The fourth-order valence-electron chi connectivity index (χ4n) is 2.58. The topological polar surface area (TPSA) is 37.4 Å². The maximum Gasteiger partial charge on any atom is 0.185 e. The van der Waals surface area contributed by atoms with Crippen molar-refractivity contribution in [1.29, 1.82) is 0 Å². The van der Waals surface area contributed by atoms with E-state index < -0.39 is 0 Å². The van der Waals surface area contributed by atoms with Gasteiger partial charge in [-0.3, -0.25) is 0 Å². The van der Waals surface area contributed by atoms with Crippen molar-refractivity contribution in [3.05, 3.63) is 11.1 Å². The molecule has 2 aliphatic heterocycles. The highest BCUT2D eigenvalue weighted by molar-refractivity contribution is 7.13. The second kappa shape index (κ2) is 4.92. The summed E-state index contributed by atoms with van der Waals surface area (Å²) in [4.78, 5) is 7.12. The van der Waals surface area contributed by atoms with Crippen molar-refractivity contribution >= 4 is 16.5 Å². The lowest BCUT2D eigenvalue weighted by Gasteiger charge is -2.31. The van der Waals surface area contributed by atoms with Crippen LogP contribution in [0, 0.1) is 0 Å². The summed E-state index contributed by atoms with van der Waals surface area (Å²) in [6, 6.07) is 0. The highest BCUT2D eigenvalue weighted by atomic mass is 32.1. The number of hydrogen-bond acceptors (Lipinski definition) is 5. The first-order valence-electron chi connectivity index (χ1n) is 6.34. The molecule has 1 aromatic heterocycles.